The van der Waals surface area contributed by atoms with Crippen molar-refractivity contribution in [3.05, 3.63) is 109 Å². The van der Waals surface area contributed by atoms with Gasteiger partial charge < -0.3 is 0 Å². The van der Waals surface area contributed by atoms with E-state index in [-0.39, 0.29) is 0 Å². The van der Waals surface area contributed by atoms with Crippen molar-refractivity contribution in [3.63, 3.8) is 0 Å². The van der Waals surface area contributed by atoms with E-state index in [9.17, 15) is 3.08 Å². The van der Waals surface area contributed by atoms with E-state index >= 15 is 0 Å². The standard InChI is InChI=1S/2C14H9.O.Sn/c2*1-2-6-12-10-14-8-4-3-7-13(14)9-11(12)5-1;;/h2*1-7,9-10H;;. The Kier molecular flexibility index (Phi) is 4.17. The molecule has 30 heavy (non-hydrogen) atoms. The predicted octanol–water partition coefficient (Wildman–Crippen LogP) is 5.84. The maximum atomic E-state index is 14.0. The molecule has 0 heterocycles. The summed E-state index contributed by atoms with van der Waals surface area (Å²) in [5, 5.41) is 9.38. The first kappa shape index (κ1) is 17.8. The van der Waals surface area contributed by atoms with E-state index < -0.39 is 19.7 Å². The Labute approximate surface area is 181 Å². The molecule has 0 aromatic heterocycles. The van der Waals surface area contributed by atoms with E-state index in [0.717, 1.165) is 28.7 Å². The molecule has 2 heteroatoms. The van der Waals surface area contributed by atoms with Gasteiger partial charge in [0.05, 0.1) is 0 Å². The Morgan fingerprint density at radius 3 is 1.20 bits per heavy atom. The van der Waals surface area contributed by atoms with Gasteiger partial charge in [0.1, 0.15) is 0 Å². The van der Waals surface area contributed by atoms with Crippen LogP contribution in [0.4, 0.5) is 0 Å². The van der Waals surface area contributed by atoms with E-state index in [0.29, 0.717) is 0 Å². The van der Waals surface area contributed by atoms with Crippen LogP contribution >= 0.6 is 0 Å². The Morgan fingerprint density at radius 1 is 0.400 bits per heavy atom. The van der Waals surface area contributed by atoms with Crippen molar-refractivity contribution < 1.29 is 3.08 Å². The van der Waals surface area contributed by atoms with E-state index in [1.165, 1.54) is 21.5 Å². The van der Waals surface area contributed by atoms with Crippen molar-refractivity contribution in [3.8, 4) is 0 Å². The van der Waals surface area contributed by atoms with Crippen LogP contribution in [0.15, 0.2) is 109 Å². The van der Waals surface area contributed by atoms with Gasteiger partial charge in [-0.3, -0.25) is 0 Å². The molecule has 0 N–H and O–H groups in total. The molecule has 0 radical (unpaired) electrons. The van der Waals surface area contributed by atoms with Crippen molar-refractivity contribution in [2.45, 2.75) is 0 Å². The van der Waals surface area contributed by atoms with Gasteiger partial charge in [0.15, 0.2) is 0 Å². The molecule has 0 amide bonds. The third-order valence-corrected chi connectivity index (χ3v) is 11.3. The van der Waals surface area contributed by atoms with Crippen LogP contribution < -0.4 is 7.16 Å². The number of fused-ring (bicyclic) bond motifs is 4. The summed E-state index contributed by atoms with van der Waals surface area (Å²) in [5.41, 5.74) is 0. The molecule has 0 fully saturated rings. The van der Waals surface area contributed by atoms with Crippen LogP contribution in [0.5, 0.6) is 0 Å². The van der Waals surface area contributed by atoms with Crippen molar-refractivity contribution in [1.82, 2.24) is 0 Å². The Balaban J connectivity index is 1.61. The summed E-state index contributed by atoms with van der Waals surface area (Å²) < 4.78 is 16.1. The Morgan fingerprint density at radius 2 is 0.767 bits per heavy atom. The molecule has 6 aromatic rings. The van der Waals surface area contributed by atoms with Gasteiger partial charge in [-0.05, 0) is 0 Å². The van der Waals surface area contributed by atoms with Gasteiger partial charge in [-0.15, -0.1) is 0 Å². The van der Waals surface area contributed by atoms with E-state index in [1.54, 1.807) is 0 Å². The predicted molar refractivity (Wildman–Crippen MR) is 129 cm³/mol. The third kappa shape index (κ3) is 2.85. The molecule has 6 rings (SSSR count). The van der Waals surface area contributed by atoms with Gasteiger partial charge in [0, 0.05) is 0 Å². The van der Waals surface area contributed by atoms with Crippen molar-refractivity contribution in [2.24, 2.45) is 0 Å². The van der Waals surface area contributed by atoms with Crippen LogP contribution in [0.25, 0.3) is 43.1 Å². The average Bonchev–Trinajstić information content (AvgIpc) is 2.80. The normalized spacial score (nSPS) is 11.5. The molecular formula is C28H18OSn. The molecular weight excluding hydrogens is 471 g/mol. The molecule has 0 unspecified atom stereocenters. The fourth-order valence-electron chi connectivity index (χ4n) is 4.47. The molecule has 0 atom stereocenters. The van der Waals surface area contributed by atoms with Crippen LogP contribution in [-0.2, 0) is 3.08 Å². The van der Waals surface area contributed by atoms with Gasteiger partial charge >= 0.3 is 182 Å². The van der Waals surface area contributed by atoms with E-state index in [1.807, 2.05) is 12.1 Å². The summed E-state index contributed by atoms with van der Waals surface area (Å²) >= 11 is -3.33. The van der Waals surface area contributed by atoms with Crippen LogP contribution in [-0.4, -0.2) is 19.7 Å². The minimum absolute atomic E-state index is 1.03. The first-order valence-corrected chi connectivity index (χ1v) is 14.2. The summed E-state index contributed by atoms with van der Waals surface area (Å²) in [7, 11) is 0. The zero-order valence-electron chi connectivity index (χ0n) is 16.3. The summed E-state index contributed by atoms with van der Waals surface area (Å²) in [4.78, 5) is 0. The van der Waals surface area contributed by atoms with Gasteiger partial charge in [-0.1, -0.05) is 0 Å². The van der Waals surface area contributed by atoms with E-state index in [2.05, 4.69) is 97.1 Å². The number of hydrogen-bond acceptors (Lipinski definition) is 1. The van der Waals surface area contributed by atoms with Crippen LogP contribution in [0.1, 0.15) is 0 Å². The van der Waals surface area contributed by atoms with Crippen LogP contribution in [0.3, 0.4) is 0 Å². The van der Waals surface area contributed by atoms with Crippen LogP contribution in [0.2, 0.25) is 0 Å². The second-order valence-corrected chi connectivity index (χ2v) is 12.7. The summed E-state index contributed by atoms with van der Waals surface area (Å²) in [6, 6.07) is 38.1. The van der Waals surface area contributed by atoms with Crippen LogP contribution in [0, 0.1) is 0 Å². The summed E-state index contributed by atoms with van der Waals surface area (Å²) in [6.45, 7) is 0. The molecule has 1 nitrogen and oxygen atoms in total. The Bertz CT molecular complexity index is 1490. The Hall–Kier alpha value is -3.04. The fraction of sp³-hybridized carbons (Fsp3) is 0. The molecule has 0 spiro atoms. The number of rotatable bonds is 2. The molecule has 0 aliphatic heterocycles. The molecule has 6 aromatic carbocycles. The van der Waals surface area contributed by atoms with E-state index in [4.69, 9.17) is 0 Å². The van der Waals surface area contributed by atoms with Gasteiger partial charge in [0.2, 0.25) is 0 Å². The molecule has 0 aliphatic carbocycles. The van der Waals surface area contributed by atoms with Gasteiger partial charge in [-0.25, -0.2) is 0 Å². The van der Waals surface area contributed by atoms with Gasteiger partial charge in [0.25, 0.3) is 0 Å². The third-order valence-electron chi connectivity index (χ3n) is 5.98. The first-order chi connectivity index (χ1) is 14.8. The quantitative estimate of drug-likeness (QED) is 0.221. The fourth-order valence-corrected chi connectivity index (χ4v) is 9.35. The summed E-state index contributed by atoms with van der Waals surface area (Å²) in [6.07, 6.45) is 0. The second kappa shape index (κ2) is 7.03. The van der Waals surface area contributed by atoms with Crippen molar-refractivity contribution >= 4 is 70.0 Å². The average molecular weight is 489 g/mol. The zero-order chi connectivity index (χ0) is 20.1. The first-order valence-electron chi connectivity index (χ1n) is 10.2. The molecule has 140 valence electrons. The molecule has 0 aliphatic rings. The SMILES string of the molecule is [O]=[Sn]([c]1cccc2cc3ccccc3cc12)[c]1cccc2cc3ccccc3cc12. The molecule has 0 saturated heterocycles. The summed E-state index contributed by atoms with van der Waals surface area (Å²) in [5.74, 6) is 0. The van der Waals surface area contributed by atoms with Gasteiger partial charge in [-0.2, -0.15) is 0 Å². The van der Waals surface area contributed by atoms with Crippen molar-refractivity contribution in [1.29, 1.82) is 0 Å². The maximum absolute atomic E-state index is 14.0. The topological polar surface area (TPSA) is 17.1 Å². The number of benzene rings is 6. The second-order valence-electron chi connectivity index (χ2n) is 7.78. The number of hydrogen-bond donors (Lipinski definition) is 0. The van der Waals surface area contributed by atoms with Crippen molar-refractivity contribution in [2.75, 3.05) is 0 Å². The minimum atomic E-state index is -3.33. The molecule has 0 bridgehead atoms. The monoisotopic (exact) mass is 490 g/mol. The zero-order valence-corrected chi connectivity index (χ0v) is 19.2. The molecule has 0 saturated carbocycles.